The van der Waals surface area contributed by atoms with Crippen molar-refractivity contribution in [2.24, 2.45) is 0 Å². The molecule has 0 aliphatic heterocycles. The van der Waals surface area contributed by atoms with Gasteiger partial charge in [0, 0.05) is 31.5 Å². The third-order valence-corrected chi connectivity index (χ3v) is 3.89. The Kier molecular flexibility index (Phi) is 7.06. The van der Waals surface area contributed by atoms with Crippen molar-refractivity contribution in [1.29, 1.82) is 5.26 Å². The Morgan fingerprint density at radius 2 is 1.83 bits per heavy atom. The van der Waals surface area contributed by atoms with Gasteiger partial charge in [-0.2, -0.15) is 5.26 Å². The number of anilines is 2. The van der Waals surface area contributed by atoms with Gasteiger partial charge in [0.2, 0.25) is 0 Å². The lowest BCUT2D eigenvalue weighted by Crippen LogP contribution is -2.31. The smallest absolute Gasteiger partial charge is 0.170 e. The van der Waals surface area contributed by atoms with Crippen molar-refractivity contribution in [1.82, 2.24) is 5.32 Å². The van der Waals surface area contributed by atoms with E-state index in [0.29, 0.717) is 11.5 Å². The number of hydrogen-bond acceptors (Lipinski definition) is 3. The summed E-state index contributed by atoms with van der Waals surface area (Å²) >= 11 is 5.30. The highest BCUT2D eigenvalue weighted by atomic mass is 32.1. The number of benzene rings is 2. The molecule has 0 aromatic heterocycles. The molecule has 0 atom stereocenters. The second-order valence-corrected chi connectivity index (χ2v) is 5.93. The minimum Gasteiger partial charge on any atom is -0.375 e. The molecule has 124 valence electrons. The van der Waals surface area contributed by atoms with Crippen LogP contribution in [0.3, 0.4) is 0 Å². The first-order valence-electron chi connectivity index (χ1n) is 7.96. The molecule has 0 unspecified atom stereocenters. The van der Waals surface area contributed by atoms with E-state index >= 15 is 0 Å². The van der Waals surface area contributed by atoms with Gasteiger partial charge in [0.25, 0.3) is 0 Å². The van der Waals surface area contributed by atoms with Crippen LogP contribution in [0.15, 0.2) is 54.6 Å². The monoisotopic (exact) mass is 338 g/mol. The number of para-hydroxylation sites is 1. The summed E-state index contributed by atoms with van der Waals surface area (Å²) in [6.45, 7) is 1.78. The number of nitrogens with one attached hydrogen (secondary N) is 2. The molecule has 2 aromatic carbocycles. The SMILES string of the molecule is CN(CCCNC(=S)Nc1ccc(CC#N)cc1)c1ccccc1. The Hall–Kier alpha value is -2.58. The minimum absolute atomic E-state index is 0.428. The van der Waals surface area contributed by atoms with E-state index in [1.807, 2.05) is 42.5 Å². The minimum atomic E-state index is 0.428. The third-order valence-electron chi connectivity index (χ3n) is 3.65. The summed E-state index contributed by atoms with van der Waals surface area (Å²) in [5, 5.41) is 15.7. The highest BCUT2D eigenvalue weighted by Crippen LogP contribution is 2.11. The van der Waals surface area contributed by atoms with Gasteiger partial charge < -0.3 is 15.5 Å². The van der Waals surface area contributed by atoms with Gasteiger partial charge in [0.1, 0.15) is 0 Å². The standard InChI is InChI=1S/C19H22N4S/c1-23(18-6-3-2-4-7-18)15-5-14-21-19(24)22-17-10-8-16(9-11-17)12-13-20/h2-4,6-11H,5,12,14-15H2,1H3,(H2,21,22,24). The lowest BCUT2D eigenvalue weighted by atomic mass is 10.1. The molecular formula is C19H22N4S. The second-order valence-electron chi connectivity index (χ2n) is 5.52. The molecule has 2 rings (SSSR count). The lowest BCUT2D eigenvalue weighted by Gasteiger charge is -2.19. The normalized spacial score (nSPS) is 9.83. The zero-order valence-corrected chi connectivity index (χ0v) is 14.6. The topological polar surface area (TPSA) is 51.1 Å². The summed E-state index contributed by atoms with van der Waals surface area (Å²) in [5.41, 5.74) is 3.15. The van der Waals surface area contributed by atoms with E-state index in [1.54, 1.807) is 0 Å². The Morgan fingerprint density at radius 3 is 2.50 bits per heavy atom. The van der Waals surface area contributed by atoms with E-state index in [0.717, 1.165) is 30.8 Å². The van der Waals surface area contributed by atoms with Crippen molar-refractivity contribution in [2.45, 2.75) is 12.8 Å². The molecule has 0 spiro atoms. The van der Waals surface area contributed by atoms with Crippen molar-refractivity contribution in [3.63, 3.8) is 0 Å². The predicted molar refractivity (Wildman–Crippen MR) is 104 cm³/mol. The van der Waals surface area contributed by atoms with Crippen LogP contribution in [0.2, 0.25) is 0 Å². The molecule has 0 aliphatic carbocycles. The van der Waals surface area contributed by atoms with Crippen LogP contribution in [-0.2, 0) is 6.42 Å². The summed E-state index contributed by atoms with van der Waals surface area (Å²) in [6, 6.07) is 20.2. The molecule has 0 saturated heterocycles. The Bertz CT molecular complexity index is 677. The molecule has 0 amide bonds. The quantitative estimate of drug-likeness (QED) is 0.597. The first-order chi connectivity index (χ1) is 11.7. The van der Waals surface area contributed by atoms with Gasteiger partial charge in [-0.1, -0.05) is 30.3 Å². The Labute approximate surface area is 149 Å². The van der Waals surface area contributed by atoms with E-state index < -0.39 is 0 Å². The summed E-state index contributed by atoms with van der Waals surface area (Å²) in [7, 11) is 2.09. The van der Waals surface area contributed by atoms with Crippen LogP contribution in [0.1, 0.15) is 12.0 Å². The van der Waals surface area contributed by atoms with Gasteiger partial charge >= 0.3 is 0 Å². The summed E-state index contributed by atoms with van der Waals surface area (Å²) in [6.07, 6.45) is 1.42. The van der Waals surface area contributed by atoms with Gasteiger partial charge in [-0.25, -0.2) is 0 Å². The van der Waals surface area contributed by atoms with Gasteiger partial charge in [0.15, 0.2) is 5.11 Å². The zero-order chi connectivity index (χ0) is 17.2. The van der Waals surface area contributed by atoms with Crippen molar-refractivity contribution >= 4 is 28.7 Å². The van der Waals surface area contributed by atoms with Crippen LogP contribution in [-0.4, -0.2) is 25.2 Å². The molecule has 0 saturated carbocycles. The molecule has 0 bridgehead atoms. The number of nitrogens with zero attached hydrogens (tertiary/aromatic N) is 2. The largest absolute Gasteiger partial charge is 0.375 e. The molecule has 0 heterocycles. The zero-order valence-electron chi connectivity index (χ0n) is 13.8. The summed E-state index contributed by atoms with van der Waals surface area (Å²) < 4.78 is 0. The first-order valence-corrected chi connectivity index (χ1v) is 8.37. The van der Waals surface area contributed by atoms with Gasteiger partial charge in [-0.05, 0) is 48.5 Å². The molecule has 2 aromatic rings. The predicted octanol–water partition coefficient (Wildman–Crippen LogP) is 3.57. The Balaban J connectivity index is 1.67. The summed E-state index contributed by atoms with van der Waals surface area (Å²) in [5.74, 6) is 0. The summed E-state index contributed by atoms with van der Waals surface area (Å²) in [4.78, 5) is 2.23. The van der Waals surface area contributed by atoms with Crippen molar-refractivity contribution in [3.05, 3.63) is 60.2 Å². The molecule has 0 fully saturated rings. The van der Waals surface area contributed by atoms with E-state index in [-0.39, 0.29) is 0 Å². The number of hydrogen-bond donors (Lipinski definition) is 2. The van der Waals surface area contributed by atoms with Crippen LogP contribution < -0.4 is 15.5 Å². The molecule has 2 N–H and O–H groups in total. The molecular weight excluding hydrogens is 316 g/mol. The lowest BCUT2D eigenvalue weighted by molar-refractivity contribution is 0.755. The van der Waals surface area contributed by atoms with Crippen molar-refractivity contribution in [3.8, 4) is 6.07 Å². The first kappa shape index (κ1) is 17.8. The van der Waals surface area contributed by atoms with E-state index in [2.05, 4.69) is 40.8 Å². The average Bonchev–Trinajstić information content (AvgIpc) is 2.61. The van der Waals surface area contributed by atoms with E-state index in [9.17, 15) is 0 Å². The number of nitriles is 1. The third kappa shape index (κ3) is 5.90. The van der Waals surface area contributed by atoms with E-state index in [1.165, 1.54) is 5.69 Å². The molecule has 4 nitrogen and oxygen atoms in total. The van der Waals surface area contributed by atoms with Crippen LogP contribution in [0.5, 0.6) is 0 Å². The van der Waals surface area contributed by atoms with Gasteiger partial charge in [-0.15, -0.1) is 0 Å². The van der Waals surface area contributed by atoms with Crippen LogP contribution >= 0.6 is 12.2 Å². The maximum atomic E-state index is 8.67. The van der Waals surface area contributed by atoms with E-state index in [4.69, 9.17) is 17.5 Å². The fourth-order valence-electron chi connectivity index (χ4n) is 2.30. The Morgan fingerprint density at radius 1 is 1.12 bits per heavy atom. The van der Waals surface area contributed by atoms with Gasteiger partial charge in [-0.3, -0.25) is 0 Å². The molecule has 0 radical (unpaired) electrons. The highest BCUT2D eigenvalue weighted by Gasteiger charge is 2.01. The number of thiocarbonyl (C=S) groups is 1. The second kappa shape index (κ2) is 9.53. The van der Waals surface area contributed by atoms with Crippen molar-refractivity contribution in [2.75, 3.05) is 30.4 Å². The van der Waals surface area contributed by atoms with Crippen LogP contribution in [0.4, 0.5) is 11.4 Å². The maximum absolute atomic E-state index is 8.67. The number of rotatable bonds is 7. The molecule has 5 heteroatoms. The van der Waals surface area contributed by atoms with Crippen LogP contribution in [0.25, 0.3) is 0 Å². The average molecular weight is 338 g/mol. The molecule has 0 aliphatic rings. The maximum Gasteiger partial charge on any atom is 0.170 e. The fraction of sp³-hybridized carbons (Fsp3) is 0.263. The fourth-order valence-corrected chi connectivity index (χ4v) is 2.52. The molecule has 24 heavy (non-hydrogen) atoms. The highest BCUT2D eigenvalue weighted by molar-refractivity contribution is 7.80. The van der Waals surface area contributed by atoms with Crippen molar-refractivity contribution < 1.29 is 0 Å². The van der Waals surface area contributed by atoms with Gasteiger partial charge in [0.05, 0.1) is 12.5 Å². The van der Waals surface area contributed by atoms with Crippen LogP contribution in [0, 0.1) is 11.3 Å².